The zero-order valence-electron chi connectivity index (χ0n) is 17.9. The molecule has 0 bridgehead atoms. The Morgan fingerprint density at radius 2 is 1.85 bits per heavy atom. The highest BCUT2D eigenvalue weighted by molar-refractivity contribution is 5.95. The maximum atomic E-state index is 11.3. The lowest BCUT2D eigenvalue weighted by Crippen LogP contribution is -2.08. The van der Waals surface area contributed by atoms with Gasteiger partial charge in [-0.1, -0.05) is 54.6 Å². The molecule has 4 aromatic rings. The van der Waals surface area contributed by atoms with E-state index in [1.807, 2.05) is 18.2 Å². The number of nitrogen functional groups attached to an aromatic ring is 1. The lowest BCUT2D eigenvalue weighted by molar-refractivity contribution is -0.136. The normalized spacial score (nSPS) is 14.6. The first kappa shape index (κ1) is 20.6. The lowest BCUT2D eigenvalue weighted by atomic mass is 9.97. The molecule has 3 N–H and O–H groups in total. The second-order valence-electron chi connectivity index (χ2n) is 8.29. The molecule has 0 amide bonds. The van der Waals surface area contributed by atoms with Crippen LogP contribution in [0, 0.1) is 6.57 Å². The van der Waals surface area contributed by atoms with Gasteiger partial charge in [0.15, 0.2) is 0 Å². The zero-order chi connectivity index (χ0) is 22.9. The summed E-state index contributed by atoms with van der Waals surface area (Å²) in [6, 6.07) is 23.6. The van der Waals surface area contributed by atoms with Crippen molar-refractivity contribution in [1.82, 2.24) is 0 Å². The number of aryl methyl sites for hydroxylation is 1. The molecule has 0 aliphatic heterocycles. The third-order valence-electron chi connectivity index (χ3n) is 6.22. The Hall–Kier alpha value is -4.30. The van der Waals surface area contributed by atoms with E-state index in [2.05, 4.69) is 41.2 Å². The molecule has 0 unspecified atom stereocenters. The Labute approximate surface area is 191 Å². The van der Waals surface area contributed by atoms with Crippen LogP contribution < -0.4 is 10.5 Å². The second-order valence-corrected chi connectivity index (χ2v) is 8.29. The van der Waals surface area contributed by atoms with Crippen LogP contribution in [0.25, 0.3) is 26.7 Å². The van der Waals surface area contributed by atoms with Crippen LogP contribution in [-0.2, 0) is 17.6 Å². The predicted molar refractivity (Wildman–Crippen MR) is 130 cm³/mol. The predicted octanol–water partition coefficient (Wildman–Crippen LogP) is 6.33. The molecule has 0 fully saturated rings. The zero-order valence-corrected chi connectivity index (χ0v) is 17.9. The average Bonchev–Trinajstić information content (AvgIpc) is 3.22. The fraction of sp³-hybridized carbons (Fsp3) is 0.143. The van der Waals surface area contributed by atoms with Crippen molar-refractivity contribution in [1.29, 1.82) is 0 Å². The van der Waals surface area contributed by atoms with E-state index in [-0.39, 0.29) is 12.5 Å². The quantitative estimate of drug-likeness (QED) is 0.284. The number of hydrogen-bond donors (Lipinski definition) is 2. The van der Waals surface area contributed by atoms with E-state index in [0.29, 0.717) is 17.0 Å². The van der Waals surface area contributed by atoms with Crippen LogP contribution in [0.2, 0.25) is 0 Å². The smallest absolute Gasteiger partial charge is 0.307 e. The lowest BCUT2D eigenvalue weighted by Gasteiger charge is -2.19. The van der Waals surface area contributed by atoms with Gasteiger partial charge < -0.3 is 15.6 Å². The molecule has 1 aliphatic carbocycles. The summed E-state index contributed by atoms with van der Waals surface area (Å²) in [5, 5.41) is 11.4. The van der Waals surface area contributed by atoms with E-state index in [0.717, 1.165) is 46.0 Å². The Morgan fingerprint density at radius 1 is 1.06 bits per heavy atom. The van der Waals surface area contributed by atoms with Gasteiger partial charge in [-0.15, -0.1) is 0 Å². The summed E-state index contributed by atoms with van der Waals surface area (Å²) < 4.78 is 6.34. The average molecular weight is 434 g/mol. The molecule has 0 heterocycles. The number of nitrogens with zero attached hydrogens (tertiary/aromatic N) is 1. The van der Waals surface area contributed by atoms with Crippen molar-refractivity contribution < 1.29 is 14.6 Å². The molecule has 1 atom stereocenters. The van der Waals surface area contributed by atoms with Crippen LogP contribution in [-0.4, -0.2) is 11.1 Å². The van der Waals surface area contributed by atoms with Gasteiger partial charge in [-0.05, 0) is 64.2 Å². The van der Waals surface area contributed by atoms with Gasteiger partial charge >= 0.3 is 5.97 Å². The minimum absolute atomic E-state index is 0.184. The molecule has 0 aromatic heterocycles. The third kappa shape index (κ3) is 3.88. The molecular formula is C28H22N2O3. The minimum atomic E-state index is -0.952. The standard InChI is InChI=1S/C28H22N2O3/c1-30-25-7-3-5-21(16-27(31)32)28(25)33-26-13-12-18-9-11-20(15-23(18)26)19-10-8-17-4-2-6-24(29)22(17)14-19/h2-11,14-15,26H,12-13,16,29H2,(H,31,32)/t26-/m1/s1. The summed E-state index contributed by atoms with van der Waals surface area (Å²) in [7, 11) is 0. The van der Waals surface area contributed by atoms with Crippen molar-refractivity contribution in [3.05, 3.63) is 101 Å². The van der Waals surface area contributed by atoms with E-state index in [4.69, 9.17) is 17.0 Å². The summed E-state index contributed by atoms with van der Waals surface area (Å²) in [6.07, 6.45) is 1.24. The number of fused-ring (bicyclic) bond motifs is 2. The van der Waals surface area contributed by atoms with Gasteiger partial charge in [-0.25, -0.2) is 4.85 Å². The van der Waals surface area contributed by atoms with E-state index in [1.165, 1.54) is 5.56 Å². The molecule has 5 heteroatoms. The van der Waals surface area contributed by atoms with Crippen molar-refractivity contribution in [3.8, 4) is 16.9 Å². The van der Waals surface area contributed by atoms with E-state index in [9.17, 15) is 9.90 Å². The molecule has 0 saturated heterocycles. The summed E-state index contributed by atoms with van der Waals surface area (Å²) in [6.45, 7) is 7.50. The monoisotopic (exact) mass is 434 g/mol. The second kappa shape index (κ2) is 8.33. The number of nitrogens with two attached hydrogens (primary N) is 1. The number of carbonyl (C=O) groups is 1. The molecule has 0 saturated carbocycles. The number of carboxylic acids is 1. The molecule has 5 nitrogen and oxygen atoms in total. The highest BCUT2D eigenvalue weighted by atomic mass is 16.5. The van der Waals surface area contributed by atoms with Gasteiger partial charge in [-0.2, -0.15) is 0 Å². The topological polar surface area (TPSA) is 76.9 Å². The number of benzene rings is 4. The van der Waals surface area contributed by atoms with E-state index in [1.54, 1.807) is 18.2 Å². The first-order chi connectivity index (χ1) is 16.0. The molecule has 162 valence electrons. The summed E-state index contributed by atoms with van der Waals surface area (Å²) in [5.41, 5.74) is 12.2. The van der Waals surface area contributed by atoms with Crippen molar-refractivity contribution >= 4 is 28.1 Å². The van der Waals surface area contributed by atoms with Gasteiger partial charge in [-0.3, -0.25) is 4.79 Å². The molecule has 33 heavy (non-hydrogen) atoms. The van der Waals surface area contributed by atoms with Crippen molar-refractivity contribution in [2.75, 3.05) is 5.73 Å². The molecule has 0 radical (unpaired) electrons. The number of para-hydroxylation sites is 1. The summed E-state index contributed by atoms with van der Waals surface area (Å²) >= 11 is 0. The van der Waals surface area contributed by atoms with Gasteiger partial charge in [0.1, 0.15) is 11.9 Å². The Kier molecular flexibility index (Phi) is 5.20. The largest absolute Gasteiger partial charge is 0.496 e. The van der Waals surface area contributed by atoms with Crippen LogP contribution in [0.3, 0.4) is 0 Å². The van der Waals surface area contributed by atoms with Crippen LogP contribution in [0.4, 0.5) is 11.4 Å². The third-order valence-corrected chi connectivity index (χ3v) is 6.22. The number of carboxylic acid groups (broad SMARTS) is 1. The first-order valence-electron chi connectivity index (χ1n) is 10.8. The SMILES string of the molecule is [C-]#[N+]c1cccc(CC(=O)O)c1O[C@@H]1CCc2ccc(-c3ccc4cccc(N)c4c3)cc21. The number of rotatable bonds is 5. The molecule has 0 spiro atoms. The summed E-state index contributed by atoms with van der Waals surface area (Å²) in [5.74, 6) is -0.580. The van der Waals surface area contributed by atoms with Crippen molar-refractivity contribution in [2.45, 2.75) is 25.4 Å². The van der Waals surface area contributed by atoms with Gasteiger partial charge in [0.2, 0.25) is 5.69 Å². The Morgan fingerprint density at radius 3 is 2.67 bits per heavy atom. The van der Waals surface area contributed by atoms with Crippen LogP contribution >= 0.6 is 0 Å². The fourth-order valence-corrected chi connectivity index (χ4v) is 4.58. The minimum Gasteiger partial charge on any atom is -0.496 e. The Balaban J connectivity index is 1.52. The van der Waals surface area contributed by atoms with Gasteiger partial charge in [0.25, 0.3) is 0 Å². The molecule has 5 rings (SSSR count). The highest BCUT2D eigenvalue weighted by Crippen LogP contribution is 2.42. The number of aliphatic carboxylic acids is 1. The van der Waals surface area contributed by atoms with Crippen LogP contribution in [0.1, 0.15) is 29.2 Å². The number of hydrogen-bond acceptors (Lipinski definition) is 3. The van der Waals surface area contributed by atoms with Gasteiger partial charge in [0.05, 0.1) is 13.0 Å². The highest BCUT2D eigenvalue weighted by Gasteiger charge is 2.27. The molecular weight excluding hydrogens is 412 g/mol. The first-order valence-corrected chi connectivity index (χ1v) is 10.8. The maximum absolute atomic E-state index is 11.3. The van der Waals surface area contributed by atoms with Crippen LogP contribution in [0.15, 0.2) is 72.8 Å². The summed E-state index contributed by atoms with van der Waals surface area (Å²) in [4.78, 5) is 14.9. The molecule has 4 aromatic carbocycles. The van der Waals surface area contributed by atoms with Gasteiger partial charge in [0, 0.05) is 11.1 Å². The Bertz CT molecular complexity index is 1440. The number of anilines is 1. The van der Waals surface area contributed by atoms with Crippen LogP contribution in [0.5, 0.6) is 5.75 Å². The molecule has 1 aliphatic rings. The van der Waals surface area contributed by atoms with Crippen molar-refractivity contribution in [2.24, 2.45) is 0 Å². The maximum Gasteiger partial charge on any atom is 0.307 e. The number of ether oxygens (including phenoxy) is 1. The van der Waals surface area contributed by atoms with E-state index >= 15 is 0 Å². The van der Waals surface area contributed by atoms with E-state index < -0.39 is 5.97 Å². The fourth-order valence-electron chi connectivity index (χ4n) is 4.58. The van der Waals surface area contributed by atoms with Crippen molar-refractivity contribution in [3.63, 3.8) is 0 Å².